The van der Waals surface area contributed by atoms with Crippen LogP contribution in [0.25, 0.3) is 5.82 Å². The van der Waals surface area contributed by atoms with Gasteiger partial charge in [0, 0.05) is 23.9 Å². The maximum absolute atomic E-state index is 5.88. The second kappa shape index (κ2) is 6.68. The van der Waals surface area contributed by atoms with Crippen LogP contribution in [0, 0.1) is 0 Å². The number of rotatable bonds is 4. The molecule has 0 fully saturated rings. The van der Waals surface area contributed by atoms with Gasteiger partial charge in [-0.1, -0.05) is 17.7 Å². The molecule has 1 atom stereocenters. The van der Waals surface area contributed by atoms with Crippen molar-refractivity contribution in [1.29, 1.82) is 0 Å². The van der Waals surface area contributed by atoms with Crippen molar-refractivity contribution in [3.05, 3.63) is 64.1 Å². The monoisotopic (exact) mass is 391 g/mol. The van der Waals surface area contributed by atoms with Gasteiger partial charge in [0.15, 0.2) is 5.82 Å². The van der Waals surface area contributed by atoms with Crippen LogP contribution in [0.4, 0.5) is 5.82 Å². The van der Waals surface area contributed by atoms with E-state index in [1.165, 1.54) is 0 Å². The van der Waals surface area contributed by atoms with Gasteiger partial charge >= 0.3 is 0 Å². The van der Waals surface area contributed by atoms with Crippen LogP contribution in [0.5, 0.6) is 0 Å². The third-order valence-corrected chi connectivity index (χ3v) is 4.36. The number of aromatic nitrogens is 4. The van der Waals surface area contributed by atoms with E-state index in [4.69, 9.17) is 11.6 Å². The fourth-order valence-electron chi connectivity index (χ4n) is 2.20. The molecule has 7 heteroatoms. The zero-order valence-electron chi connectivity index (χ0n) is 12.7. The highest BCUT2D eigenvalue weighted by molar-refractivity contribution is 9.10. The molecule has 0 unspecified atom stereocenters. The Labute approximate surface area is 148 Å². The molecular formula is C16H15BrClN5. The van der Waals surface area contributed by atoms with E-state index in [1.807, 2.05) is 37.5 Å². The SMILES string of the molecule is C[C@@H](c1ccc(-n2cc(Cl)cn2)nc1)N(C)c1ccc(Br)cn1. The first-order chi connectivity index (χ1) is 11.0. The summed E-state index contributed by atoms with van der Waals surface area (Å²) in [6.45, 7) is 2.12. The number of halogens is 2. The van der Waals surface area contributed by atoms with Crippen molar-refractivity contribution in [2.24, 2.45) is 0 Å². The number of anilines is 1. The molecule has 0 aliphatic rings. The first-order valence-electron chi connectivity index (χ1n) is 7.05. The molecule has 3 heterocycles. The summed E-state index contributed by atoms with van der Waals surface area (Å²) in [4.78, 5) is 11.0. The van der Waals surface area contributed by atoms with Crippen molar-refractivity contribution in [3.8, 4) is 5.82 Å². The molecule has 3 rings (SSSR count). The molecule has 0 N–H and O–H groups in total. The fraction of sp³-hybridized carbons (Fsp3) is 0.188. The standard InChI is InChI=1S/C16H15BrClN5/c1-11(22(2)15-6-4-13(17)8-20-15)12-3-5-16(19-7-12)23-10-14(18)9-21-23/h3-11H,1-2H3/t11-/m0/s1. The average Bonchev–Trinajstić information content (AvgIpc) is 3.01. The zero-order chi connectivity index (χ0) is 16.4. The number of pyridine rings is 2. The maximum atomic E-state index is 5.88. The molecule has 0 saturated carbocycles. The number of hydrogen-bond acceptors (Lipinski definition) is 4. The van der Waals surface area contributed by atoms with Crippen LogP contribution < -0.4 is 4.90 Å². The second-order valence-electron chi connectivity index (χ2n) is 5.17. The van der Waals surface area contributed by atoms with Crippen LogP contribution >= 0.6 is 27.5 Å². The molecule has 0 aliphatic carbocycles. The molecule has 0 amide bonds. The van der Waals surface area contributed by atoms with E-state index < -0.39 is 0 Å². The highest BCUT2D eigenvalue weighted by atomic mass is 79.9. The Hall–Kier alpha value is -1.92. The molecule has 3 aromatic heterocycles. The minimum absolute atomic E-state index is 0.145. The van der Waals surface area contributed by atoms with Crippen LogP contribution in [0.3, 0.4) is 0 Å². The van der Waals surface area contributed by atoms with Crippen LogP contribution in [0.1, 0.15) is 18.5 Å². The maximum Gasteiger partial charge on any atom is 0.153 e. The van der Waals surface area contributed by atoms with Gasteiger partial charge in [-0.3, -0.25) is 0 Å². The number of hydrogen-bond donors (Lipinski definition) is 0. The Balaban J connectivity index is 1.79. The Bertz CT molecular complexity index is 785. The lowest BCUT2D eigenvalue weighted by atomic mass is 10.1. The normalized spacial score (nSPS) is 12.2. The molecule has 3 aromatic rings. The molecule has 0 aromatic carbocycles. The predicted octanol–water partition coefficient (Wildman–Crippen LogP) is 4.28. The van der Waals surface area contributed by atoms with Crippen molar-refractivity contribution in [2.45, 2.75) is 13.0 Å². The molecular weight excluding hydrogens is 378 g/mol. The van der Waals surface area contributed by atoms with Crippen LogP contribution in [-0.2, 0) is 0 Å². The van der Waals surface area contributed by atoms with E-state index in [9.17, 15) is 0 Å². The van der Waals surface area contributed by atoms with E-state index >= 15 is 0 Å². The van der Waals surface area contributed by atoms with Gasteiger partial charge in [0.25, 0.3) is 0 Å². The van der Waals surface area contributed by atoms with Crippen LogP contribution in [0.15, 0.2) is 53.5 Å². The first-order valence-corrected chi connectivity index (χ1v) is 8.22. The molecule has 5 nitrogen and oxygen atoms in total. The minimum Gasteiger partial charge on any atom is -0.353 e. The molecule has 118 valence electrons. The van der Waals surface area contributed by atoms with Crippen molar-refractivity contribution < 1.29 is 0 Å². The average molecular weight is 393 g/mol. The van der Waals surface area contributed by atoms with Gasteiger partial charge in [-0.2, -0.15) is 5.10 Å². The highest BCUT2D eigenvalue weighted by Gasteiger charge is 2.14. The van der Waals surface area contributed by atoms with Crippen LogP contribution in [-0.4, -0.2) is 26.8 Å². The summed E-state index contributed by atoms with van der Waals surface area (Å²) < 4.78 is 2.61. The second-order valence-corrected chi connectivity index (χ2v) is 6.53. The largest absolute Gasteiger partial charge is 0.353 e. The molecule has 23 heavy (non-hydrogen) atoms. The fourth-order valence-corrected chi connectivity index (χ4v) is 2.58. The molecule has 0 spiro atoms. The van der Waals surface area contributed by atoms with Gasteiger partial charge in [-0.15, -0.1) is 0 Å². The quantitative estimate of drug-likeness (QED) is 0.665. The molecule has 0 radical (unpaired) electrons. The van der Waals surface area contributed by atoms with Crippen molar-refractivity contribution in [2.75, 3.05) is 11.9 Å². The van der Waals surface area contributed by atoms with Crippen molar-refractivity contribution in [1.82, 2.24) is 19.7 Å². The first kappa shape index (κ1) is 16.0. The zero-order valence-corrected chi connectivity index (χ0v) is 15.0. The van der Waals surface area contributed by atoms with Gasteiger partial charge in [-0.25, -0.2) is 14.6 Å². The lowest BCUT2D eigenvalue weighted by molar-refractivity contribution is 0.722. The number of nitrogens with zero attached hydrogens (tertiary/aromatic N) is 5. The van der Waals surface area contributed by atoms with Gasteiger partial charge in [0.1, 0.15) is 5.82 Å². The Kier molecular flexibility index (Phi) is 4.63. The summed E-state index contributed by atoms with van der Waals surface area (Å²) in [6, 6.07) is 8.07. The van der Waals surface area contributed by atoms with Crippen molar-refractivity contribution >= 4 is 33.3 Å². The van der Waals surface area contributed by atoms with Gasteiger partial charge < -0.3 is 4.90 Å². The van der Waals surface area contributed by atoms with Crippen molar-refractivity contribution in [3.63, 3.8) is 0 Å². The summed E-state index contributed by atoms with van der Waals surface area (Å²) >= 11 is 9.28. The predicted molar refractivity (Wildman–Crippen MR) is 95.1 cm³/mol. The van der Waals surface area contributed by atoms with E-state index in [1.54, 1.807) is 23.3 Å². The third-order valence-electron chi connectivity index (χ3n) is 3.69. The van der Waals surface area contributed by atoms with Gasteiger partial charge in [0.2, 0.25) is 0 Å². The summed E-state index contributed by atoms with van der Waals surface area (Å²) in [7, 11) is 2.02. The Morgan fingerprint density at radius 3 is 2.52 bits per heavy atom. The van der Waals surface area contributed by atoms with Gasteiger partial charge in [-0.05, 0) is 46.6 Å². The van der Waals surface area contributed by atoms with Crippen LogP contribution in [0.2, 0.25) is 5.02 Å². The van der Waals surface area contributed by atoms with Gasteiger partial charge in [0.05, 0.1) is 23.5 Å². The lowest BCUT2D eigenvalue weighted by Gasteiger charge is -2.26. The Morgan fingerprint density at radius 1 is 1.13 bits per heavy atom. The third kappa shape index (κ3) is 3.54. The van der Waals surface area contributed by atoms with E-state index in [0.717, 1.165) is 21.7 Å². The minimum atomic E-state index is 0.145. The lowest BCUT2D eigenvalue weighted by Crippen LogP contribution is -2.22. The summed E-state index contributed by atoms with van der Waals surface area (Å²) in [6.07, 6.45) is 6.96. The summed E-state index contributed by atoms with van der Waals surface area (Å²) in [5.41, 5.74) is 1.10. The van der Waals surface area contributed by atoms with E-state index in [2.05, 4.69) is 42.8 Å². The summed E-state index contributed by atoms with van der Waals surface area (Å²) in [5, 5.41) is 4.74. The van der Waals surface area contributed by atoms with E-state index in [-0.39, 0.29) is 6.04 Å². The summed E-state index contributed by atoms with van der Waals surface area (Å²) in [5.74, 6) is 1.64. The van der Waals surface area contributed by atoms with E-state index in [0.29, 0.717) is 5.02 Å². The highest BCUT2D eigenvalue weighted by Crippen LogP contribution is 2.24. The Morgan fingerprint density at radius 2 is 1.96 bits per heavy atom. The topological polar surface area (TPSA) is 46.8 Å². The smallest absolute Gasteiger partial charge is 0.153 e. The molecule has 0 saturated heterocycles. The molecule has 0 bridgehead atoms. The molecule has 0 aliphatic heterocycles.